The third-order valence-corrected chi connectivity index (χ3v) is 8.72. The van der Waals surface area contributed by atoms with Crippen LogP contribution in [0.2, 0.25) is 0 Å². The van der Waals surface area contributed by atoms with Crippen molar-refractivity contribution >= 4 is 11.9 Å². The number of esters is 1. The largest absolute Gasteiger partial charge is 0.508 e. The van der Waals surface area contributed by atoms with Crippen LogP contribution in [0.1, 0.15) is 74.0 Å². The number of hydrogen-bond donors (Lipinski definition) is 1. The molecule has 3 atom stereocenters. The van der Waals surface area contributed by atoms with Crippen molar-refractivity contribution in [2.45, 2.75) is 64.6 Å². The van der Waals surface area contributed by atoms with Gasteiger partial charge in [-0.05, 0) is 87.8 Å². The number of ether oxygens (including phenoxy) is 1. The number of amides is 1. The second kappa shape index (κ2) is 12.1. The van der Waals surface area contributed by atoms with Crippen LogP contribution in [-0.2, 0) is 9.53 Å². The fourth-order valence-electron chi connectivity index (χ4n) is 6.34. The Hall–Kier alpha value is -2.90. The Kier molecular flexibility index (Phi) is 8.57. The van der Waals surface area contributed by atoms with E-state index < -0.39 is 0 Å². The van der Waals surface area contributed by atoms with E-state index in [-0.39, 0.29) is 29.6 Å². The van der Waals surface area contributed by atoms with Crippen LogP contribution in [0.15, 0.2) is 48.5 Å². The van der Waals surface area contributed by atoms with E-state index >= 15 is 0 Å². The number of likely N-dealkylation sites (tertiary alicyclic amines) is 1. The van der Waals surface area contributed by atoms with E-state index in [2.05, 4.69) is 35.8 Å². The van der Waals surface area contributed by atoms with Crippen LogP contribution < -0.4 is 0 Å². The van der Waals surface area contributed by atoms with Crippen molar-refractivity contribution in [3.05, 3.63) is 65.2 Å². The minimum absolute atomic E-state index is 0.00415. The molecule has 3 aliphatic rings. The van der Waals surface area contributed by atoms with Crippen molar-refractivity contribution < 1.29 is 19.4 Å². The molecule has 39 heavy (non-hydrogen) atoms. The Morgan fingerprint density at radius 2 is 1.64 bits per heavy atom. The first kappa shape index (κ1) is 27.7. The normalized spacial score (nSPS) is 23.9. The van der Waals surface area contributed by atoms with E-state index in [0.717, 1.165) is 30.1 Å². The first-order valence-corrected chi connectivity index (χ1v) is 14.7. The molecule has 1 aliphatic carbocycles. The van der Waals surface area contributed by atoms with Crippen molar-refractivity contribution in [1.29, 1.82) is 0 Å². The average molecular weight is 534 g/mol. The smallest absolute Gasteiger partial charge is 0.309 e. The van der Waals surface area contributed by atoms with E-state index in [0.29, 0.717) is 50.2 Å². The Morgan fingerprint density at radius 3 is 2.31 bits per heavy atom. The van der Waals surface area contributed by atoms with Gasteiger partial charge in [0.2, 0.25) is 0 Å². The molecule has 2 aromatic carbocycles. The van der Waals surface area contributed by atoms with Gasteiger partial charge in [0.25, 0.3) is 5.91 Å². The highest BCUT2D eigenvalue weighted by Gasteiger charge is 2.37. The van der Waals surface area contributed by atoms with Crippen molar-refractivity contribution in [1.82, 2.24) is 14.7 Å². The fourth-order valence-corrected chi connectivity index (χ4v) is 6.34. The summed E-state index contributed by atoms with van der Waals surface area (Å²) in [5.74, 6) is 0.837. The molecular formula is C32H43N3O4. The van der Waals surface area contributed by atoms with Crippen molar-refractivity contribution in [3.63, 3.8) is 0 Å². The number of aromatic hydroxyl groups is 1. The van der Waals surface area contributed by atoms with Crippen LogP contribution in [-0.4, -0.2) is 83.1 Å². The summed E-state index contributed by atoms with van der Waals surface area (Å²) in [5, 5.41) is 10.4. The molecule has 2 heterocycles. The standard InChI is InChI=1S/C32H43N3O4/c1-4-39-32(38)25-13-15-33(16-14-25)31(37)28-9-5-7-26(17-28)30(27-8-6-10-29(36)18-27)35-20-22(2)34(19-23(35)3)21-24-11-12-24/h5-10,17-18,22-25,30,36H,4,11-16,19-21H2,1-3H3/t22?,23?,30-/m1/s1. The Bertz CT molecular complexity index is 1160. The van der Waals surface area contributed by atoms with Gasteiger partial charge in [0.15, 0.2) is 0 Å². The van der Waals surface area contributed by atoms with Gasteiger partial charge in [-0.25, -0.2) is 0 Å². The summed E-state index contributed by atoms with van der Waals surface area (Å²) in [4.78, 5) is 32.7. The summed E-state index contributed by atoms with van der Waals surface area (Å²) in [7, 11) is 0. The molecule has 2 unspecified atom stereocenters. The summed E-state index contributed by atoms with van der Waals surface area (Å²) in [5.41, 5.74) is 2.76. The molecule has 2 saturated heterocycles. The minimum Gasteiger partial charge on any atom is -0.508 e. The van der Waals surface area contributed by atoms with Crippen molar-refractivity contribution in [3.8, 4) is 5.75 Å². The number of carbonyl (C=O) groups excluding carboxylic acids is 2. The molecule has 1 amide bonds. The van der Waals surface area contributed by atoms with Gasteiger partial charge >= 0.3 is 5.97 Å². The molecule has 0 bridgehead atoms. The van der Waals surface area contributed by atoms with E-state index in [1.807, 2.05) is 42.2 Å². The molecule has 0 spiro atoms. The lowest BCUT2D eigenvalue weighted by molar-refractivity contribution is -0.149. The molecule has 7 heteroatoms. The molecule has 1 N–H and O–H groups in total. The molecule has 5 rings (SSSR count). The lowest BCUT2D eigenvalue weighted by Gasteiger charge is -2.48. The van der Waals surface area contributed by atoms with E-state index in [9.17, 15) is 14.7 Å². The molecule has 0 aromatic heterocycles. The number of phenols is 1. The molecule has 2 aliphatic heterocycles. The van der Waals surface area contributed by atoms with Crippen LogP contribution in [0.3, 0.4) is 0 Å². The summed E-state index contributed by atoms with van der Waals surface area (Å²) >= 11 is 0. The number of rotatable bonds is 8. The van der Waals surface area contributed by atoms with Gasteiger partial charge in [0, 0.05) is 50.4 Å². The number of piperidine rings is 1. The van der Waals surface area contributed by atoms with Crippen LogP contribution in [0.25, 0.3) is 0 Å². The number of hydrogen-bond acceptors (Lipinski definition) is 6. The van der Waals surface area contributed by atoms with Gasteiger partial charge in [-0.2, -0.15) is 0 Å². The number of piperazine rings is 1. The van der Waals surface area contributed by atoms with Crippen LogP contribution in [0.5, 0.6) is 5.75 Å². The average Bonchev–Trinajstić information content (AvgIpc) is 3.76. The number of phenolic OH excluding ortho intramolecular Hbond substituents is 1. The number of carbonyl (C=O) groups is 2. The number of nitrogens with zero attached hydrogens (tertiary/aromatic N) is 3. The quantitative estimate of drug-likeness (QED) is 0.496. The molecule has 3 fully saturated rings. The summed E-state index contributed by atoms with van der Waals surface area (Å²) in [6.45, 7) is 11.1. The van der Waals surface area contributed by atoms with Crippen LogP contribution >= 0.6 is 0 Å². The van der Waals surface area contributed by atoms with Crippen LogP contribution in [0, 0.1) is 11.8 Å². The predicted octanol–water partition coefficient (Wildman–Crippen LogP) is 4.70. The monoisotopic (exact) mass is 533 g/mol. The molecule has 0 radical (unpaired) electrons. The van der Waals surface area contributed by atoms with Gasteiger partial charge < -0.3 is 14.7 Å². The van der Waals surface area contributed by atoms with Gasteiger partial charge in [0.05, 0.1) is 18.6 Å². The highest BCUT2D eigenvalue weighted by atomic mass is 16.5. The summed E-state index contributed by atoms with van der Waals surface area (Å²) < 4.78 is 5.19. The van der Waals surface area contributed by atoms with Gasteiger partial charge in [-0.3, -0.25) is 19.4 Å². The second-order valence-electron chi connectivity index (χ2n) is 11.7. The van der Waals surface area contributed by atoms with Gasteiger partial charge in [-0.15, -0.1) is 0 Å². The fraction of sp³-hybridized carbons (Fsp3) is 0.562. The Balaban J connectivity index is 1.37. The van der Waals surface area contributed by atoms with E-state index in [1.165, 1.54) is 19.4 Å². The van der Waals surface area contributed by atoms with Crippen molar-refractivity contribution in [2.75, 3.05) is 39.3 Å². The SMILES string of the molecule is CCOC(=O)C1CCN(C(=O)c2cccc([C@H](c3cccc(O)c3)N3CC(C)N(CC4CC4)CC3C)c2)CC1. The third kappa shape index (κ3) is 6.47. The zero-order valence-electron chi connectivity index (χ0n) is 23.6. The summed E-state index contributed by atoms with van der Waals surface area (Å²) in [6.07, 6.45) is 3.98. The molecule has 2 aromatic rings. The molecular weight excluding hydrogens is 490 g/mol. The van der Waals surface area contributed by atoms with E-state index in [1.54, 1.807) is 6.07 Å². The maximum Gasteiger partial charge on any atom is 0.309 e. The molecule has 1 saturated carbocycles. The predicted molar refractivity (Wildman–Crippen MR) is 152 cm³/mol. The van der Waals surface area contributed by atoms with Gasteiger partial charge in [-0.1, -0.05) is 24.3 Å². The van der Waals surface area contributed by atoms with Crippen LogP contribution in [0.4, 0.5) is 0 Å². The summed E-state index contributed by atoms with van der Waals surface area (Å²) in [6, 6.07) is 16.2. The lowest BCUT2D eigenvalue weighted by Crippen LogP contribution is -2.57. The highest BCUT2D eigenvalue weighted by Crippen LogP contribution is 2.37. The van der Waals surface area contributed by atoms with Gasteiger partial charge in [0.1, 0.15) is 5.75 Å². The van der Waals surface area contributed by atoms with Crippen molar-refractivity contribution in [2.24, 2.45) is 11.8 Å². The zero-order chi connectivity index (χ0) is 27.5. The highest BCUT2D eigenvalue weighted by molar-refractivity contribution is 5.94. The molecule has 210 valence electrons. The Labute approximate surface area is 232 Å². The lowest BCUT2D eigenvalue weighted by atomic mass is 9.92. The zero-order valence-corrected chi connectivity index (χ0v) is 23.6. The Morgan fingerprint density at radius 1 is 0.949 bits per heavy atom. The van der Waals surface area contributed by atoms with E-state index in [4.69, 9.17) is 4.74 Å². The minimum atomic E-state index is -0.152. The topological polar surface area (TPSA) is 73.3 Å². The maximum atomic E-state index is 13.6. The first-order valence-electron chi connectivity index (χ1n) is 14.7. The maximum absolute atomic E-state index is 13.6. The molecule has 7 nitrogen and oxygen atoms in total. The number of benzene rings is 2. The second-order valence-corrected chi connectivity index (χ2v) is 11.7. The first-order chi connectivity index (χ1) is 18.8. The third-order valence-electron chi connectivity index (χ3n) is 8.72.